The fraction of sp³-hybridized carbons (Fsp3) is 0.0714. The second kappa shape index (κ2) is 4.75. The van der Waals surface area contributed by atoms with Crippen molar-refractivity contribution in [1.29, 1.82) is 0 Å². The highest BCUT2D eigenvalue weighted by atomic mass is 79.9. The van der Waals surface area contributed by atoms with E-state index in [0.29, 0.717) is 16.7 Å². The highest BCUT2D eigenvalue weighted by Crippen LogP contribution is 2.29. The largest absolute Gasteiger partial charge is 0.455 e. The van der Waals surface area contributed by atoms with Gasteiger partial charge in [-0.3, -0.25) is 4.98 Å². The van der Waals surface area contributed by atoms with E-state index in [-0.39, 0.29) is 5.58 Å². The van der Waals surface area contributed by atoms with Crippen molar-refractivity contribution >= 4 is 26.9 Å². The lowest BCUT2D eigenvalue weighted by molar-refractivity contribution is 0.191. The molecule has 2 aromatic heterocycles. The van der Waals surface area contributed by atoms with Crippen LogP contribution in [0.1, 0.15) is 17.4 Å². The van der Waals surface area contributed by atoms with Gasteiger partial charge < -0.3 is 9.52 Å². The Kier molecular flexibility index (Phi) is 3.08. The molecule has 0 bridgehead atoms. The number of benzene rings is 1. The Morgan fingerprint density at radius 1 is 1.26 bits per heavy atom. The fourth-order valence-electron chi connectivity index (χ4n) is 1.92. The molecular formula is C14H9BrFNO2. The summed E-state index contributed by atoms with van der Waals surface area (Å²) in [7, 11) is 0. The Hall–Kier alpha value is -1.72. The summed E-state index contributed by atoms with van der Waals surface area (Å²) in [5.74, 6) is -0.150. The van der Waals surface area contributed by atoms with Gasteiger partial charge in [-0.15, -0.1) is 0 Å². The van der Waals surface area contributed by atoms with Crippen LogP contribution in [0.15, 0.2) is 51.6 Å². The number of rotatable bonds is 2. The van der Waals surface area contributed by atoms with Gasteiger partial charge in [0.15, 0.2) is 11.4 Å². The summed E-state index contributed by atoms with van der Waals surface area (Å²) in [6.07, 6.45) is 2.19. The maximum Gasteiger partial charge on any atom is 0.170 e. The lowest BCUT2D eigenvalue weighted by atomic mass is 10.1. The summed E-state index contributed by atoms with van der Waals surface area (Å²) in [5, 5.41) is 10.9. The number of nitrogens with zero attached hydrogens (tertiary/aromatic N) is 1. The van der Waals surface area contributed by atoms with Crippen LogP contribution in [0, 0.1) is 5.82 Å². The van der Waals surface area contributed by atoms with E-state index in [0.717, 1.165) is 4.47 Å². The molecule has 0 amide bonds. The second-order valence-corrected chi connectivity index (χ2v) is 5.06. The molecule has 96 valence electrons. The molecule has 0 radical (unpaired) electrons. The zero-order chi connectivity index (χ0) is 13.4. The number of fused-ring (bicyclic) bond motifs is 1. The first-order valence-corrected chi connectivity index (χ1v) is 6.41. The van der Waals surface area contributed by atoms with Gasteiger partial charge in [-0.05, 0) is 34.1 Å². The fourth-order valence-corrected chi connectivity index (χ4v) is 2.31. The number of pyridine rings is 1. The molecular weight excluding hydrogens is 313 g/mol. The Bertz CT molecular complexity index is 741. The first kappa shape index (κ1) is 12.3. The average molecular weight is 322 g/mol. The quantitative estimate of drug-likeness (QED) is 0.780. The molecule has 0 spiro atoms. The number of aromatic nitrogens is 1. The van der Waals surface area contributed by atoms with Gasteiger partial charge in [0.25, 0.3) is 0 Å². The van der Waals surface area contributed by atoms with Crippen LogP contribution in [0.5, 0.6) is 0 Å². The molecule has 3 rings (SSSR count). The number of hydrogen-bond acceptors (Lipinski definition) is 3. The second-order valence-electron chi connectivity index (χ2n) is 4.15. The van der Waals surface area contributed by atoms with Crippen LogP contribution >= 0.6 is 15.9 Å². The van der Waals surface area contributed by atoms with Crippen molar-refractivity contribution in [3.05, 3.63) is 64.3 Å². The van der Waals surface area contributed by atoms with Crippen LogP contribution in [0.4, 0.5) is 4.39 Å². The number of furan rings is 1. The predicted octanol–water partition coefficient (Wildman–Crippen LogP) is 3.81. The topological polar surface area (TPSA) is 46.3 Å². The molecule has 2 heterocycles. The van der Waals surface area contributed by atoms with Crippen LogP contribution in [0.2, 0.25) is 0 Å². The molecule has 0 saturated heterocycles. The maximum atomic E-state index is 13.5. The average Bonchev–Trinajstić information content (AvgIpc) is 2.83. The highest BCUT2D eigenvalue weighted by molar-refractivity contribution is 9.10. The number of halogens is 2. The Balaban J connectivity index is 2.06. The normalized spacial score (nSPS) is 12.8. The van der Waals surface area contributed by atoms with Gasteiger partial charge in [0.1, 0.15) is 11.9 Å². The molecule has 0 saturated carbocycles. The molecule has 1 atom stereocenters. The van der Waals surface area contributed by atoms with E-state index in [2.05, 4.69) is 20.9 Å². The minimum Gasteiger partial charge on any atom is -0.455 e. The Morgan fingerprint density at radius 3 is 2.84 bits per heavy atom. The van der Waals surface area contributed by atoms with E-state index in [1.54, 1.807) is 36.7 Å². The first-order chi connectivity index (χ1) is 9.15. The van der Waals surface area contributed by atoms with Crippen molar-refractivity contribution < 1.29 is 13.9 Å². The molecule has 0 fully saturated rings. The van der Waals surface area contributed by atoms with E-state index in [4.69, 9.17) is 4.42 Å². The van der Waals surface area contributed by atoms with Crippen LogP contribution in [-0.4, -0.2) is 10.1 Å². The summed E-state index contributed by atoms with van der Waals surface area (Å²) in [5.41, 5.74) is 0.730. The SMILES string of the molecule is OC(c1cncc(Br)c1)c1cc2cccc(F)c2o1. The lowest BCUT2D eigenvalue weighted by Crippen LogP contribution is -1.98. The predicted molar refractivity (Wildman–Crippen MR) is 72.2 cm³/mol. The minimum atomic E-state index is -0.975. The van der Waals surface area contributed by atoms with Gasteiger partial charge in [0, 0.05) is 27.8 Å². The van der Waals surface area contributed by atoms with Crippen molar-refractivity contribution in [3.8, 4) is 0 Å². The van der Waals surface area contributed by atoms with Crippen LogP contribution in [0.3, 0.4) is 0 Å². The molecule has 1 aromatic carbocycles. The number of aliphatic hydroxyl groups excluding tert-OH is 1. The van der Waals surface area contributed by atoms with Crippen LogP contribution in [0.25, 0.3) is 11.0 Å². The summed E-state index contributed by atoms with van der Waals surface area (Å²) in [6.45, 7) is 0. The van der Waals surface area contributed by atoms with Crippen molar-refractivity contribution in [1.82, 2.24) is 4.98 Å². The zero-order valence-electron chi connectivity index (χ0n) is 9.68. The van der Waals surface area contributed by atoms with Crippen molar-refractivity contribution in [2.24, 2.45) is 0 Å². The lowest BCUT2D eigenvalue weighted by Gasteiger charge is -2.07. The molecule has 0 aliphatic rings. The standard InChI is InChI=1S/C14H9BrFNO2/c15-10-4-9(6-17-7-10)13(18)12-5-8-2-1-3-11(16)14(8)19-12/h1-7,13,18H. The number of para-hydroxylation sites is 1. The van der Waals surface area contributed by atoms with Gasteiger partial charge in [-0.1, -0.05) is 12.1 Å². The summed E-state index contributed by atoms with van der Waals surface area (Å²) < 4.78 is 19.7. The van der Waals surface area contributed by atoms with Crippen molar-refractivity contribution in [3.63, 3.8) is 0 Å². The molecule has 3 aromatic rings. The minimum absolute atomic E-state index is 0.152. The monoisotopic (exact) mass is 321 g/mol. The number of hydrogen-bond donors (Lipinski definition) is 1. The molecule has 1 N–H and O–H groups in total. The molecule has 0 aliphatic carbocycles. The van der Waals surface area contributed by atoms with E-state index in [1.165, 1.54) is 6.07 Å². The number of aliphatic hydroxyl groups is 1. The Morgan fingerprint density at radius 2 is 2.11 bits per heavy atom. The van der Waals surface area contributed by atoms with Gasteiger partial charge in [-0.25, -0.2) is 4.39 Å². The smallest absolute Gasteiger partial charge is 0.170 e. The van der Waals surface area contributed by atoms with Crippen LogP contribution in [-0.2, 0) is 0 Å². The first-order valence-electron chi connectivity index (χ1n) is 5.61. The molecule has 0 aliphatic heterocycles. The Labute approximate surface area is 116 Å². The maximum absolute atomic E-state index is 13.5. The van der Waals surface area contributed by atoms with Crippen molar-refractivity contribution in [2.45, 2.75) is 6.10 Å². The van der Waals surface area contributed by atoms with E-state index >= 15 is 0 Å². The third-order valence-corrected chi connectivity index (χ3v) is 3.26. The molecule has 5 heteroatoms. The zero-order valence-corrected chi connectivity index (χ0v) is 11.3. The van der Waals surface area contributed by atoms with Crippen molar-refractivity contribution in [2.75, 3.05) is 0 Å². The highest BCUT2D eigenvalue weighted by Gasteiger charge is 2.17. The molecule has 1 unspecified atom stereocenters. The van der Waals surface area contributed by atoms with E-state index in [1.807, 2.05) is 0 Å². The molecule has 3 nitrogen and oxygen atoms in total. The van der Waals surface area contributed by atoms with E-state index < -0.39 is 11.9 Å². The van der Waals surface area contributed by atoms with Gasteiger partial charge in [-0.2, -0.15) is 0 Å². The summed E-state index contributed by atoms with van der Waals surface area (Å²) >= 11 is 3.29. The van der Waals surface area contributed by atoms with Crippen LogP contribution < -0.4 is 0 Å². The third-order valence-electron chi connectivity index (χ3n) is 2.83. The van der Waals surface area contributed by atoms with Gasteiger partial charge in [0.2, 0.25) is 0 Å². The van der Waals surface area contributed by atoms with Gasteiger partial charge >= 0.3 is 0 Å². The summed E-state index contributed by atoms with van der Waals surface area (Å²) in [6, 6.07) is 8.02. The molecule has 19 heavy (non-hydrogen) atoms. The van der Waals surface area contributed by atoms with Gasteiger partial charge in [0.05, 0.1) is 0 Å². The summed E-state index contributed by atoms with van der Waals surface area (Å²) in [4.78, 5) is 3.98. The third kappa shape index (κ3) is 2.27. The van der Waals surface area contributed by atoms with E-state index in [9.17, 15) is 9.50 Å².